The monoisotopic (exact) mass is 520 g/mol. The predicted molar refractivity (Wildman–Crippen MR) is 99.6 cm³/mol. The van der Waals surface area contributed by atoms with E-state index in [0.29, 0.717) is 6.54 Å². The minimum absolute atomic E-state index is 0.0932. The van der Waals surface area contributed by atoms with Crippen LogP contribution in [-0.2, 0) is 12.0 Å². The second-order valence-electron chi connectivity index (χ2n) is 6.46. The van der Waals surface area contributed by atoms with Crippen LogP contribution in [0.4, 0.5) is 0 Å². The molecule has 1 N–H and O–H groups in total. The SMILES string of the molecule is CC.Cc1nc2c(c(=O)n1[CH]([Pb])c1ccccc1)CNCC2(C)C. The van der Waals surface area contributed by atoms with E-state index in [2.05, 4.69) is 31.3 Å². The third kappa shape index (κ3) is 3.64. The third-order valence-electron chi connectivity index (χ3n) is 4.27. The molecule has 2 heterocycles. The average molecular weight is 520 g/mol. The summed E-state index contributed by atoms with van der Waals surface area (Å²) in [6.07, 6.45) is 0. The molecule has 0 saturated heterocycles. The number of aryl methyl sites for hydroxylation is 1. The van der Waals surface area contributed by atoms with E-state index in [-0.39, 0.29) is 14.6 Å². The van der Waals surface area contributed by atoms with Gasteiger partial charge in [0, 0.05) is 0 Å². The molecule has 1 atom stereocenters. The summed E-state index contributed by atoms with van der Waals surface area (Å²) in [5, 5.41) is 3.36. The van der Waals surface area contributed by atoms with E-state index in [1.54, 1.807) is 0 Å². The molecule has 3 radical (unpaired) electrons. The molecule has 0 bridgehead atoms. The van der Waals surface area contributed by atoms with Gasteiger partial charge in [0.2, 0.25) is 0 Å². The van der Waals surface area contributed by atoms with Crippen LogP contribution in [0.15, 0.2) is 35.1 Å². The van der Waals surface area contributed by atoms with E-state index >= 15 is 0 Å². The van der Waals surface area contributed by atoms with Gasteiger partial charge in [-0.05, 0) is 0 Å². The summed E-state index contributed by atoms with van der Waals surface area (Å²) >= 11 is 0.870. The topological polar surface area (TPSA) is 46.9 Å². The normalized spacial score (nSPS) is 16.6. The van der Waals surface area contributed by atoms with Crippen molar-refractivity contribution in [2.75, 3.05) is 6.54 Å². The molecule has 24 heavy (non-hydrogen) atoms. The summed E-state index contributed by atoms with van der Waals surface area (Å²) in [6.45, 7) is 11.7. The first kappa shape index (κ1) is 19.3. The summed E-state index contributed by atoms with van der Waals surface area (Å²) in [6, 6.07) is 10.2. The number of hydrogen-bond donors (Lipinski definition) is 1. The molecule has 1 unspecified atom stereocenters. The van der Waals surface area contributed by atoms with Crippen molar-refractivity contribution in [3.63, 3.8) is 0 Å². The Bertz CT molecular complexity index is 753. The number of fused-ring (bicyclic) bond motifs is 1. The first-order valence-electron chi connectivity index (χ1n) is 8.51. The fourth-order valence-corrected chi connectivity index (χ4v) is 5.00. The van der Waals surface area contributed by atoms with Crippen LogP contribution in [0.2, 0.25) is 0 Å². The van der Waals surface area contributed by atoms with Crippen LogP contribution in [0.1, 0.15) is 53.9 Å². The van der Waals surface area contributed by atoms with Crippen molar-refractivity contribution in [2.24, 2.45) is 0 Å². The maximum atomic E-state index is 13.0. The van der Waals surface area contributed by atoms with Gasteiger partial charge in [-0.3, -0.25) is 0 Å². The number of nitrogens with one attached hydrogen (secondary N) is 1. The Labute approximate surface area is 160 Å². The Morgan fingerprint density at radius 3 is 2.50 bits per heavy atom. The number of benzene rings is 1. The standard InChI is InChI=1S/C17H20N3O.C2H6.Pb/c1-12-19-15-14(9-18-11-17(15,2)3)16(21)20(12)10-13-7-5-4-6-8-13;1-2;/h4-8,10,18H,9,11H2,1-3H3;1-2H3;. The van der Waals surface area contributed by atoms with Crippen LogP contribution in [0.25, 0.3) is 0 Å². The van der Waals surface area contributed by atoms with Gasteiger partial charge in [-0.1, -0.05) is 13.8 Å². The molecule has 5 heteroatoms. The van der Waals surface area contributed by atoms with Gasteiger partial charge in [-0.2, -0.15) is 0 Å². The first-order valence-corrected chi connectivity index (χ1v) is 10.8. The van der Waals surface area contributed by atoms with Crippen molar-refractivity contribution >= 4 is 25.8 Å². The fraction of sp³-hybridized carbons (Fsp3) is 0.474. The predicted octanol–water partition coefficient (Wildman–Crippen LogP) is 2.67. The molecular formula is C19H26N3OPb. The maximum absolute atomic E-state index is 13.0. The summed E-state index contributed by atoms with van der Waals surface area (Å²) in [5.41, 5.74) is 3.01. The molecule has 0 fully saturated rings. The van der Waals surface area contributed by atoms with E-state index in [9.17, 15) is 4.79 Å². The quantitative estimate of drug-likeness (QED) is 0.621. The Balaban J connectivity index is 0.00000100. The van der Waals surface area contributed by atoms with Gasteiger partial charge in [-0.15, -0.1) is 0 Å². The van der Waals surface area contributed by atoms with Gasteiger partial charge in [0.15, 0.2) is 0 Å². The van der Waals surface area contributed by atoms with Crippen molar-refractivity contribution in [3.8, 4) is 0 Å². The van der Waals surface area contributed by atoms with Crippen LogP contribution < -0.4 is 10.9 Å². The number of rotatable bonds is 2. The van der Waals surface area contributed by atoms with Crippen LogP contribution in [-0.4, -0.2) is 41.9 Å². The second-order valence-corrected chi connectivity index (χ2v) is 8.59. The van der Waals surface area contributed by atoms with Gasteiger partial charge < -0.3 is 0 Å². The summed E-state index contributed by atoms with van der Waals surface area (Å²) < 4.78 is 2.00. The van der Waals surface area contributed by atoms with Crippen LogP contribution in [0, 0.1) is 6.92 Å². The third-order valence-corrected chi connectivity index (χ3v) is 6.57. The van der Waals surface area contributed by atoms with Crippen molar-refractivity contribution in [1.82, 2.24) is 14.9 Å². The van der Waals surface area contributed by atoms with Crippen molar-refractivity contribution in [3.05, 3.63) is 63.3 Å². The van der Waals surface area contributed by atoms with E-state index in [0.717, 1.165) is 49.4 Å². The van der Waals surface area contributed by atoms with Crippen LogP contribution in [0.5, 0.6) is 0 Å². The van der Waals surface area contributed by atoms with Crippen molar-refractivity contribution in [1.29, 1.82) is 0 Å². The molecule has 0 amide bonds. The molecule has 0 saturated carbocycles. The molecule has 2 aromatic rings. The average Bonchev–Trinajstić information content (AvgIpc) is 2.58. The molecule has 1 aliphatic heterocycles. The van der Waals surface area contributed by atoms with E-state index in [1.165, 1.54) is 5.56 Å². The fourth-order valence-electron chi connectivity index (χ4n) is 3.07. The van der Waals surface area contributed by atoms with Gasteiger partial charge in [0.25, 0.3) is 0 Å². The number of nitrogens with zero attached hydrogens (tertiary/aromatic N) is 2. The van der Waals surface area contributed by atoms with Gasteiger partial charge >= 0.3 is 147 Å². The second kappa shape index (κ2) is 7.91. The van der Waals surface area contributed by atoms with Crippen molar-refractivity contribution in [2.45, 2.75) is 50.2 Å². The molecular weight excluding hydrogens is 493 g/mol. The van der Waals surface area contributed by atoms with E-state index in [4.69, 9.17) is 4.98 Å². The molecule has 4 nitrogen and oxygen atoms in total. The van der Waals surface area contributed by atoms with E-state index in [1.807, 2.05) is 43.5 Å². The summed E-state index contributed by atoms with van der Waals surface area (Å²) in [5.74, 6) is 0.822. The minimum atomic E-state index is -0.0932. The first-order chi connectivity index (χ1) is 11.4. The van der Waals surface area contributed by atoms with Crippen molar-refractivity contribution < 1.29 is 0 Å². The van der Waals surface area contributed by atoms with Gasteiger partial charge in [0.05, 0.1) is 0 Å². The zero-order valence-electron chi connectivity index (χ0n) is 15.2. The zero-order chi connectivity index (χ0) is 17.9. The van der Waals surface area contributed by atoms with E-state index < -0.39 is 0 Å². The molecule has 1 aromatic heterocycles. The Morgan fingerprint density at radius 2 is 1.88 bits per heavy atom. The Hall–Kier alpha value is -1.02. The molecule has 1 aromatic carbocycles. The van der Waals surface area contributed by atoms with Crippen LogP contribution >= 0.6 is 0 Å². The summed E-state index contributed by atoms with van der Waals surface area (Å²) in [4.78, 5) is 17.9. The molecule has 0 spiro atoms. The van der Waals surface area contributed by atoms with Crippen LogP contribution in [0.3, 0.4) is 0 Å². The zero-order valence-corrected chi connectivity index (χ0v) is 19.1. The number of hydrogen-bond acceptors (Lipinski definition) is 3. The Morgan fingerprint density at radius 1 is 1.25 bits per heavy atom. The molecule has 0 aliphatic carbocycles. The number of aromatic nitrogens is 2. The molecule has 1 aliphatic rings. The Kier molecular flexibility index (Phi) is 6.36. The van der Waals surface area contributed by atoms with Gasteiger partial charge in [-0.25, -0.2) is 0 Å². The van der Waals surface area contributed by atoms with Gasteiger partial charge in [0.1, 0.15) is 0 Å². The summed E-state index contributed by atoms with van der Waals surface area (Å²) in [7, 11) is 0. The molecule has 3 rings (SSSR count). The molecule has 127 valence electrons.